The van der Waals surface area contributed by atoms with Crippen LogP contribution in [-0.2, 0) is 12.8 Å². The minimum atomic E-state index is -0.0833. The van der Waals surface area contributed by atoms with Crippen molar-refractivity contribution in [2.24, 2.45) is 11.3 Å². The fourth-order valence-electron chi connectivity index (χ4n) is 3.27. The van der Waals surface area contributed by atoms with Crippen LogP contribution in [0.3, 0.4) is 0 Å². The molecule has 0 spiro atoms. The van der Waals surface area contributed by atoms with Crippen LogP contribution in [0.1, 0.15) is 48.0 Å². The molecule has 1 unspecified atom stereocenters. The Morgan fingerprint density at radius 3 is 2.50 bits per heavy atom. The van der Waals surface area contributed by atoms with Crippen LogP contribution >= 0.6 is 34.5 Å². The van der Waals surface area contributed by atoms with E-state index >= 15 is 0 Å². The zero-order valence-corrected chi connectivity index (χ0v) is 16.4. The van der Waals surface area contributed by atoms with Crippen molar-refractivity contribution >= 4 is 46.1 Å². The molecule has 1 aromatic carbocycles. The smallest absolute Gasteiger partial charge is 0.256 e. The second-order valence-electron chi connectivity index (χ2n) is 7.47. The predicted molar refractivity (Wildman–Crippen MR) is 104 cm³/mol. The third kappa shape index (κ3) is 3.79. The van der Waals surface area contributed by atoms with Crippen molar-refractivity contribution in [2.75, 3.05) is 5.32 Å². The Balaban J connectivity index is 1.79. The number of rotatable bonds is 2. The predicted octanol–water partition coefficient (Wildman–Crippen LogP) is 6.46. The highest BCUT2D eigenvalue weighted by atomic mass is 35.5. The van der Waals surface area contributed by atoms with E-state index < -0.39 is 0 Å². The van der Waals surface area contributed by atoms with E-state index in [4.69, 9.17) is 23.2 Å². The van der Waals surface area contributed by atoms with Crippen molar-refractivity contribution in [2.45, 2.75) is 40.0 Å². The molecule has 1 N–H and O–H groups in total. The summed E-state index contributed by atoms with van der Waals surface area (Å²) in [7, 11) is 0. The highest BCUT2D eigenvalue weighted by Gasteiger charge is 2.31. The topological polar surface area (TPSA) is 29.1 Å². The molecule has 1 aromatic heterocycles. The van der Waals surface area contributed by atoms with Gasteiger partial charge >= 0.3 is 0 Å². The summed E-state index contributed by atoms with van der Waals surface area (Å²) in [6.07, 6.45) is 3.18. The van der Waals surface area contributed by atoms with Gasteiger partial charge in [0.05, 0.1) is 5.56 Å². The molecule has 0 fully saturated rings. The number of thiophene rings is 1. The van der Waals surface area contributed by atoms with Gasteiger partial charge in [0.1, 0.15) is 0 Å². The van der Waals surface area contributed by atoms with Gasteiger partial charge in [0.25, 0.3) is 5.91 Å². The van der Waals surface area contributed by atoms with Gasteiger partial charge in [-0.15, -0.1) is 11.3 Å². The van der Waals surface area contributed by atoms with Gasteiger partial charge in [-0.25, -0.2) is 0 Å². The Morgan fingerprint density at radius 1 is 1.21 bits per heavy atom. The monoisotopic (exact) mass is 381 g/mol. The molecule has 3 rings (SSSR count). The van der Waals surface area contributed by atoms with Crippen LogP contribution in [0, 0.1) is 11.3 Å². The van der Waals surface area contributed by atoms with E-state index in [-0.39, 0.29) is 5.91 Å². The van der Waals surface area contributed by atoms with Crippen LogP contribution in [0.2, 0.25) is 10.0 Å². The van der Waals surface area contributed by atoms with Crippen molar-refractivity contribution in [3.63, 3.8) is 0 Å². The lowest BCUT2D eigenvalue weighted by atomic mass is 9.72. The van der Waals surface area contributed by atoms with Crippen LogP contribution in [0.5, 0.6) is 0 Å². The molecular weight excluding hydrogens is 361 g/mol. The minimum absolute atomic E-state index is 0.0833. The normalized spacial score (nSPS) is 17.5. The number of nitrogens with one attached hydrogen (secondary N) is 1. The number of carbonyl (C=O) groups is 1. The van der Waals surface area contributed by atoms with E-state index in [1.807, 2.05) is 5.38 Å². The third-order valence-corrected chi connectivity index (χ3v) is 6.23. The van der Waals surface area contributed by atoms with Gasteiger partial charge in [-0.1, -0.05) is 44.0 Å². The molecule has 0 bridgehead atoms. The van der Waals surface area contributed by atoms with Crippen LogP contribution in [0.4, 0.5) is 5.69 Å². The molecule has 1 aliphatic rings. The third-order valence-electron chi connectivity index (χ3n) is 4.75. The molecule has 0 saturated carbocycles. The molecular formula is C19H21Cl2NOS. The summed E-state index contributed by atoms with van der Waals surface area (Å²) in [5, 5.41) is 5.92. The highest BCUT2D eigenvalue weighted by Crippen LogP contribution is 2.40. The van der Waals surface area contributed by atoms with Crippen molar-refractivity contribution in [3.8, 4) is 0 Å². The number of benzene rings is 1. The van der Waals surface area contributed by atoms with Crippen molar-refractivity contribution in [3.05, 3.63) is 49.6 Å². The van der Waals surface area contributed by atoms with Crippen molar-refractivity contribution in [1.82, 2.24) is 0 Å². The molecule has 5 heteroatoms. The molecule has 0 saturated heterocycles. The second-order valence-corrected chi connectivity index (χ2v) is 9.31. The number of anilines is 1. The average Bonchev–Trinajstić information content (AvgIpc) is 2.88. The number of hydrogen-bond acceptors (Lipinski definition) is 2. The van der Waals surface area contributed by atoms with E-state index in [1.165, 1.54) is 10.4 Å². The molecule has 1 amide bonds. The van der Waals surface area contributed by atoms with Gasteiger partial charge in [0.2, 0.25) is 0 Å². The minimum Gasteiger partial charge on any atom is -0.322 e. The molecule has 2 nitrogen and oxygen atoms in total. The summed E-state index contributed by atoms with van der Waals surface area (Å²) in [5.41, 5.74) is 2.94. The van der Waals surface area contributed by atoms with Gasteiger partial charge in [-0.2, -0.15) is 0 Å². The van der Waals surface area contributed by atoms with Gasteiger partial charge in [-0.3, -0.25) is 4.79 Å². The van der Waals surface area contributed by atoms with E-state index in [9.17, 15) is 4.79 Å². The molecule has 1 atom stereocenters. The molecule has 24 heavy (non-hydrogen) atoms. The number of halogens is 2. The summed E-state index contributed by atoms with van der Waals surface area (Å²) in [5.74, 6) is 0.589. The Kier molecular flexibility index (Phi) is 4.96. The molecule has 2 aromatic rings. The van der Waals surface area contributed by atoms with Gasteiger partial charge < -0.3 is 5.32 Å². The van der Waals surface area contributed by atoms with Gasteiger partial charge in [0.15, 0.2) is 0 Å². The van der Waals surface area contributed by atoms with Crippen molar-refractivity contribution < 1.29 is 4.79 Å². The molecule has 0 radical (unpaired) electrons. The van der Waals surface area contributed by atoms with Crippen LogP contribution in [0.15, 0.2) is 23.6 Å². The highest BCUT2D eigenvalue weighted by molar-refractivity contribution is 7.10. The number of carbonyl (C=O) groups excluding carboxylic acids is 1. The maximum absolute atomic E-state index is 12.7. The van der Waals surface area contributed by atoms with E-state index in [1.54, 1.807) is 29.5 Å². The molecule has 1 aliphatic carbocycles. The van der Waals surface area contributed by atoms with E-state index in [0.717, 1.165) is 24.8 Å². The quantitative estimate of drug-likeness (QED) is 0.635. The summed E-state index contributed by atoms with van der Waals surface area (Å²) < 4.78 is 0. The molecule has 0 aliphatic heterocycles. The zero-order chi connectivity index (χ0) is 17.5. The Bertz CT molecular complexity index is 756. The summed E-state index contributed by atoms with van der Waals surface area (Å²) in [6, 6.07) is 5.07. The lowest BCUT2D eigenvalue weighted by molar-refractivity contribution is 0.102. The maximum atomic E-state index is 12.7. The van der Waals surface area contributed by atoms with Crippen LogP contribution < -0.4 is 5.32 Å². The zero-order valence-electron chi connectivity index (χ0n) is 14.1. The largest absolute Gasteiger partial charge is 0.322 e. The SMILES string of the molecule is CC(C)(C)C1CCc2c(C(=O)Nc3cc(Cl)cc(Cl)c3)csc2C1. The summed E-state index contributed by atoms with van der Waals surface area (Å²) in [4.78, 5) is 14.0. The first-order valence-corrected chi connectivity index (χ1v) is 9.74. The lowest BCUT2D eigenvalue weighted by Gasteiger charge is -2.34. The average molecular weight is 382 g/mol. The maximum Gasteiger partial charge on any atom is 0.256 e. The van der Waals surface area contributed by atoms with Crippen LogP contribution in [-0.4, -0.2) is 5.91 Å². The van der Waals surface area contributed by atoms with Crippen LogP contribution in [0.25, 0.3) is 0 Å². The number of amides is 1. The Morgan fingerprint density at radius 2 is 1.88 bits per heavy atom. The van der Waals surface area contributed by atoms with Gasteiger partial charge in [0, 0.05) is 26.0 Å². The summed E-state index contributed by atoms with van der Waals surface area (Å²) in [6.45, 7) is 6.90. The fraction of sp³-hybridized carbons (Fsp3) is 0.421. The fourth-order valence-corrected chi connectivity index (χ4v) is 4.95. The van der Waals surface area contributed by atoms with E-state index in [2.05, 4.69) is 26.1 Å². The number of hydrogen-bond donors (Lipinski definition) is 1. The first-order chi connectivity index (χ1) is 11.2. The first-order valence-electron chi connectivity index (χ1n) is 8.10. The lowest BCUT2D eigenvalue weighted by Crippen LogP contribution is -2.27. The van der Waals surface area contributed by atoms with Crippen molar-refractivity contribution in [1.29, 1.82) is 0 Å². The summed E-state index contributed by atoms with van der Waals surface area (Å²) >= 11 is 13.7. The first kappa shape index (κ1) is 17.8. The van der Waals surface area contributed by atoms with Gasteiger partial charge in [-0.05, 0) is 54.4 Å². The Hall–Kier alpha value is -1.03. The second kappa shape index (κ2) is 6.70. The molecule has 1 heterocycles. The Labute approximate surface area is 157 Å². The standard InChI is InChI=1S/C19H21Cl2NOS/c1-19(2,3)11-4-5-15-16(10-24-17(15)6-11)18(23)22-14-8-12(20)7-13(21)9-14/h7-11H,4-6H2,1-3H3,(H,22,23). The number of fused-ring (bicyclic) bond motifs is 1. The van der Waals surface area contributed by atoms with E-state index in [0.29, 0.717) is 27.1 Å². The molecule has 128 valence electrons.